The van der Waals surface area contributed by atoms with Crippen LogP contribution in [0, 0.1) is 0 Å². The Morgan fingerprint density at radius 1 is 1.11 bits per heavy atom. The van der Waals surface area contributed by atoms with Crippen LogP contribution in [0.2, 0.25) is 22.4 Å². The molecule has 1 nitrogen and oxygen atoms in total. The van der Waals surface area contributed by atoms with E-state index in [1.807, 2.05) is 17.4 Å². The van der Waals surface area contributed by atoms with Crippen molar-refractivity contribution in [2.45, 2.75) is 17.3 Å². The molecule has 3 rings (SSSR count). The third kappa shape index (κ3) is 1.96. The topological polar surface area (TPSA) is 12.9 Å². The molecule has 0 aliphatic heterocycles. The van der Waals surface area contributed by atoms with Gasteiger partial charge in [-0.15, -0.1) is 0 Å². The maximum absolute atomic E-state index is 6.21. The van der Waals surface area contributed by atoms with E-state index in [0.717, 1.165) is 5.39 Å². The van der Waals surface area contributed by atoms with E-state index in [2.05, 4.69) is 40.5 Å². The Morgan fingerprint density at radius 2 is 1.89 bits per heavy atom. The quantitative estimate of drug-likeness (QED) is 0.466. The number of thiophene rings is 1. The summed E-state index contributed by atoms with van der Waals surface area (Å²) in [5.41, 5.74) is 0. The Bertz CT molecular complexity index is 742. The van der Waals surface area contributed by atoms with Crippen LogP contribution in [0.15, 0.2) is 30.5 Å². The molecule has 0 atom stereocenters. The zero-order valence-electron chi connectivity index (χ0n) is 10.6. The van der Waals surface area contributed by atoms with Gasteiger partial charge < -0.3 is 0 Å². The van der Waals surface area contributed by atoms with Crippen molar-refractivity contribution in [3.63, 3.8) is 0 Å². The van der Waals surface area contributed by atoms with E-state index in [-0.39, 0.29) is 0 Å². The molecule has 0 unspecified atom stereocenters. The summed E-state index contributed by atoms with van der Waals surface area (Å²) in [7, 11) is 0. The SMILES string of the molecule is [CH3][Ge]([CH3])([CH3])[c]1ccc2c(c1)sc1ccnc(Cl)c12. The molecule has 18 heavy (non-hydrogen) atoms. The van der Waals surface area contributed by atoms with Gasteiger partial charge in [0.15, 0.2) is 0 Å². The molecule has 3 aromatic rings. The minimum absolute atomic E-state index is 0.615. The Labute approximate surface area is 118 Å². The van der Waals surface area contributed by atoms with E-state index < -0.39 is 13.3 Å². The van der Waals surface area contributed by atoms with Gasteiger partial charge in [0.1, 0.15) is 0 Å². The number of aromatic nitrogens is 1. The average Bonchev–Trinajstić information content (AvgIpc) is 2.66. The Kier molecular flexibility index (Phi) is 2.92. The zero-order valence-corrected chi connectivity index (χ0v) is 14.3. The fraction of sp³-hybridized carbons (Fsp3) is 0.214. The zero-order chi connectivity index (χ0) is 12.9. The van der Waals surface area contributed by atoms with Crippen molar-refractivity contribution in [1.82, 2.24) is 4.98 Å². The van der Waals surface area contributed by atoms with Crippen LogP contribution >= 0.6 is 22.9 Å². The summed E-state index contributed by atoms with van der Waals surface area (Å²) in [6, 6.07) is 8.89. The first-order valence-corrected chi connectivity index (χ1v) is 14.5. The Hall–Kier alpha value is -0.577. The van der Waals surface area contributed by atoms with Crippen molar-refractivity contribution in [2.24, 2.45) is 0 Å². The fourth-order valence-corrected chi connectivity index (χ4v) is 6.26. The van der Waals surface area contributed by atoms with Crippen molar-refractivity contribution in [3.8, 4) is 0 Å². The number of hydrogen-bond donors (Lipinski definition) is 0. The van der Waals surface area contributed by atoms with Crippen LogP contribution in [0.1, 0.15) is 0 Å². The first-order chi connectivity index (χ1) is 8.47. The second-order valence-corrected chi connectivity index (χ2v) is 17.6. The monoisotopic (exact) mass is 337 g/mol. The second kappa shape index (κ2) is 4.22. The van der Waals surface area contributed by atoms with Crippen LogP contribution in [-0.2, 0) is 0 Å². The molecule has 0 saturated carbocycles. The normalized spacial score (nSPS) is 12.4. The molecular formula is C14H14ClGeNS. The molecule has 0 amide bonds. The van der Waals surface area contributed by atoms with E-state index in [4.69, 9.17) is 11.6 Å². The molecule has 0 N–H and O–H groups in total. The maximum atomic E-state index is 6.21. The number of nitrogens with zero attached hydrogens (tertiary/aromatic N) is 1. The third-order valence-electron chi connectivity index (χ3n) is 3.20. The van der Waals surface area contributed by atoms with Crippen LogP contribution in [0.4, 0.5) is 0 Å². The molecule has 0 aliphatic carbocycles. The Balaban J connectivity index is 2.38. The molecule has 0 saturated heterocycles. The van der Waals surface area contributed by atoms with Crippen LogP contribution in [-0.4, -0.2) is 18.3 Å². The summed E-state index contributed by atoms with van der Waals surface area (Å²) in [6.45, 7) is 0. The summed E-state index contributed by atoms with van der Waals surface area (Å²) < 4.78 is 4.10. The van der Waals surface area contributed by atoms with Gasteiger partial charge >= 0.3 is 119 Å². The van der Waals surface area contributed by atoms with Crippen LogP contribution in [0.5, 0.6) is 0 Å². The van der Waals surface area contributed by atoms with Crippen molar-refractivity contribution >= 4 is 60.8 Å². The molecule has 0 spiro atoms. The number of benzene rings is 1. The van der Waals surface area contributed by atoms with Gasteiger partial charge in [0, 0.05) is 0 Å². The number of hydrogen-bond acceptors (Lipinski definition) is 2. The Morgan fingerprint density at radius 3 is 2.61 bits per heavy atom. The van der Waals surface area contributed by atoms with E-state index >= 15 is 0 Å². The predicted octanol–water partition coefficient (Wildman–Crippen LogP) is 4.65. The summed E-state index contributed by atoms with van der Waals surface area (Å²) in [5, 5.41) is 2.96. The predicted molar refractivity (Wildman–Crippen MR) is 85.1 cm³/mol. The van der Waals surface area contributed by atoms with Crippen molar-refractivity contribution in [3.05, 3.63) is 35.6 Å². The number of rotatable bonds is 1. The number of halogens is 1. The van der Waals surface area contributed by atoms with Gasteiger partial charge in [0.25, 0.3) is 0 Å². The summed E-state index contributed by atoms with van der Waals surface area (Å²) in [5.74, 6) is 7.26. The van der Waals surface area contributed by atoms with Gasteiger partial charge in [0.2, 0.25) is 0 Å². The van der Waals surface area contributed by atoms with Crippen molar-refractivity contribution < 1.29 is 0 Å². The molecule has 4 heteroatoms. The summed E-state index contributed by atoms with van der Waals surface area (Å²) in [6.07, 6.45) is 1.78. The van der Waals surface area contributed by atoms with E-state index in [0.29, 0.717) is 5.15 Å². The van der Waals surface area contributed by atoms with Crippen LogP contribution in [0.3, 0.4) is 0 Å². The van der Waals surface area contributed by atoms with E-state index in [9.17, 15) is 0 Å². The summed E-state index contributed by atoms with van der Waals surface area (Å²) in [4.78, 5) is 4.18. The molecule has 0 fully saturated rings. The van der Waals surface area contributed by atoms with Gasteiger partial charge in [-0.2, -0.15) is 0 Å². The number of pyridine rings is 1. The standard InChI is InChI=1S/C14H14ClGeNS/c1-16(2,3)9-4-5-10-12(8-9)18-11-6-7-17-14(15)13(10)11/h4-8H,1-3H3. The molecule has 92 valence electrons. The van der Waals surface area contributed by atoms with Crippen molar-refractivity contribution in [2.75, 3.05) is 0 Å². The van der Waals surface area contributed by atoms with Crippen LogP contribution in [0.25, 0.3) is 20.2 Å². The number of fused-ring (bicyclic) bond motifs is 3. The van der Waals surface area contributed by atoms with E-state index in [1.54, 1.807) is 6.20 Å². The molecule has 2 aromatic heterocycles. The fourth-order valence-electron chi connectivity index (χ4n) is 2.15. The molecule has 0 bridgehead atoms. The third-order valence-corrected chi connectivity index (χ3v) is 8.89. The molecule has 2 heterocycles. The molecule has 1 aromatic carbocycles. The molecule has 0 aliphatic rings. The second-order valence-electron chi connectivity index (χ2n) is 5.54. The first kappa shape index (κ1) is 12.5. The molecule has 0 radical (unpaired) electrons. The van der Waals surface area contributed by atoms with E-state index in [1.165, 1.54) is 19.2 Å². The molecular weight excluding hydrogens is 322 g/mol. The van der Waals surface area contributed by atoms with Gasteiger partial charge in [0.05, 0.1) is 0 Å². The van der Waals surface area contributed by atoms with Crippen LogP contribution < -0.4 is 4.40 Å². The summed E-state index contributed by atoms with van der Waals surface area (Å²) >= 11 is 6.27. The van der Waals surface area contributed by atoms with Gasteiger partial charge in [-0.05, 0) is 0 Å². The van der Waals surface area contributed by atoms with Gasteiger partial charge in [-0.1, -0.05) is 0 Å². The van der Waals surface area contributed by atoms with Gasteiger partial charge in [-0.3, -0.25) is 0 Å². The van der Waals surface area contributed by atoms with Crippen molar-refractivity contribution in [1.29, 1.82) is 0 Å². The van der Waals surface area contributed by atoms with Gasteiger partial charge in [-0.25, -0.2) is 0 Å². The average molecular weight is 336 g/mol. The minimum atomic E-state index is -1.75. The first-order valence-electron chi connectivity index (χ1n) is 5.94.